The smallest absolute Gasteiger partial charge is 0.174 e. The van der Waals surface area contributed by atoms with Gasteiger partial charge in [0, 0.05) is 5.56 Å². The Morgan fingerprint density at radius 2 is 2.19 bits per heavy atom. The van der Waals surface area contributed by atoms with Crippen LogP contribution in [0.3, 0.4) is 0 Å². The number of halogens is 1. The highest BCUT2D eigenvalue weighted by atomic mass is 79.9. The zero-order valence-corrected chi connectivity index (χ0v) is 11.5. The molecule has 1 aromatic rings. The molecule has 3 N–H and O–H groups in total. The van der Waals surface area contributed by atoms with E-state index in [1.807, 2.05) is 13.0 Å². The third-order valence-corrected chi connectivity index (χ3v) is 3.34. The van der Waals surface area contributed by atoms with Crippen LogP contribution in [0.1, 0.15) is 30.4 Å². The Labute approximate surface area is 105 Å². The van der Waals surface area contributed by atoms with E-state index in [0.717, 1.165) is 22.0 Å². The van der Waals surface area contributed by atoms with Gasteiger partial charge >= 0.3 is 0 Å². The topological polar surface area (TPSA) is 55.5 Å². The second-order valence-electron chi connectivity index (χ2n) is 3.95. The number of ether oxygens (including phenoxy) is 1. The summed E-state index contributed by atoms with van der Waals surface area (Å²) in [5.74, 6) is 0.937. The number of nitrogens with two attached hydrogens (primary N) is 1. The molecule has 0 radical (unpaired) electrons. The Kier molecular flexibility index (Phi) is 4.62. The van der Waals surface area contributed by atoms with Gasteiger partial charge < -0.3 is 15.6 Å². The maximum absolute atomic E-state index is 10.2. The van der Waals surface area contributed by atoms with Gasteiger partial charge in [0.05, 0.1) is 11.6 Å². The Hall–Kier alpha value is -0.740. The minimum Gasteiger partial charge on any atom is -0.504 e. The van der Waals surface area contributed by atoms with Crippen LogP contribution in [0.4, 0.5) is 0 Å². The molecule has 0 amide bonds. The predicted octanol–water partition coefficient (Wildman–Crippen LogP) is 2.92. The van der Waals surface area contributed by atoms with Crippen molar-refractivity contribution in [3.05, 3.63) is 21.7 Å². The van der Waals surface area contributed by atoms with E-state index in [-0.39, 0.29) is 11.7 Å². The van der Waals surface area contributed by atoms with Gasteiger partial charge in [-0.3, -0.25) is 0 Å². The minimum absolute atomic E-state index is 0.218. The molecule has 0 fully saturated rings. The first-order valence-corrected chi connectivity index (χ1v) is 6.08. The van der Waals surface area contributed by atoms with Crippen LogP contribution in [0.15, 0.2) is 10.5 Å². The molecule has 1 aromatic carbocycles. The summed E-state index contributed by atoms with van der Waals surface area (Å²) in [6.45, 7) is 4.65. The molecule has 0 aliphatic carbocycles. The van der Waals surface area contributed by atoms with Gasteiger partial charge in [0.2, 0.25) is 0 Å². The zero-order valence-electron chi connectivity index (χ0n) is 9.88. The molecular formula is C12H18BrNO2. The molecule has 0 heterocycles. The molecule has 0 aliphatic heterocycles. The summed E-state index contributed by atoms with van der Waals surface area (Å²) in [5, 5.41) is 10.2. The number of hydrogen-bond donors (Lipinski definition) is 2. The van der Waals surface area contributed by atoms with Crippen LogP contribution < -0.4 is 10.5 Å². The highest BCUT2D eigenvalue weighted by Gasteiger charge is 2.19. The summed E-state index contributed by atoms with van der Waals surface area (Å²) in [7, 11) is 1.55. The SMILES string of the molecule is COc1c(Br)cc(C)c(C(C)CCN)c1O. The molecule has 0 spiro atoms. The van der Waals surface area contributed by atoms with Gasteiger partial charge in [0.15, 0.2) is 11.5 Å². The van der Waals surface area contributed by atoms with Crippen molar-refractivity contribution in [2.75, 3.05) is 13.7 Å². The van der Waals surface area contributed by atoms with Crippen LogP contribution in [0.2, 0.25) is 0 Å². The second kappa shape index (κ2) is 5.55. The highest BCUT2D eigenvalue weighted by Crippen LogP contribution is 2.42. The third kappa shape index (κ3) is 2.50. The van der Waals surface area contributed by atoms with Gasteiger partial charge in [-0.25, -0.2) is 0 Å². The van der Waals surface area contributed by atoms with E-state index in [1.165, 1.54) is 0 Å². The summed E-state index contributed by atoms with van der Waals surface area (Å²) in [6.07, 6.45) is 0.846. The lowest BCUT2D eigenvalue weighted by atomic mass is 9.92. The van der Waals surface area contributed by atoms with Crippen LogP contribution in [0, 0.1) is 6.92 Å². The Morgan fingerprint density at radius 1 is 1.56 bits per heavy atom. The average Bonchev–Trinajstić information content (AvgIpc) is 2.17. The lowest BCUT2D eigenvalue weighted by molar-refractivity contribution is 0.365. The van der Waals surface area contributed by atoms with E-state index in [2.05, 4.69) is 22.9 Å². The number of aryl methyl sites for hydroxylation is 1. The molecule has 3 nitrogen and oxygen atoms in total. The molecule has 4 heteroatoms. The Bertz CT molecular complexity index is 380. The molecule has 0 aromatic heterocycles. The fourth-order valence-corrected chi connectivity index (χ4v) is 2.66. The molecule has 1 atom stereocenters. The van der Waals surface area contributed by atoms with Gasteiger partial charge in [0.25, 0.3) is 0 Å². The first-order valence-electron chi connectivity index (χ1n) is 5.28. The molecule has 90 valence electrons. The lowest BCUT2D eigenvalue weighted by Crippen LogP contribution is -2.06. The predicted molar refractivity (Wildman–Crippen MR) is 69.2 cm³/mol. The van der Waals surface area contributed by atoms with Crippen molar-refractivity contribution < 1.29 is 9.84 Å². The summed E-state index contributed by atoms with van der Waals surface area (Å²) in [5.41, 5.74) is 7.51. The average molecular weight is 288 g/mol. The van der Waals surface area contributed by atoms with Crippen LogP contribution in [0.5, 0.6) is 11.5 Å². The van der Waals surface area contributed by atoms with Crippen LogP contribution in [0.25, 0.3) is 0 Å². The molecule has 0 saturated heterocycles. The van der Waals surface area contributed by atoms with E-state index in [9.17, 15) is 5.11 Å². The number of benzene rings is 1. The largest absolute Gasteiger partial charge is 0.504 e. The van der Waals surface area contributed by atoms with Gasteiger partial charge in [0.1, 0.15) is 0 Å². The van der Waals surface area contributed by atoms with Gasteiger partial charge in [-0.1, -0.05) is 6.92 Å². The van der Waals surface area contributed by atoms with Crippen molar-refractivity contribution in [3.8, 4) is 11.5 Å². The summed E-state index contributed by atoms with van der Waals surface area (Å²) in [6, 6.07) is 1.96. The Balaban J connectivity index is 3.27. The molecule has 0 aliphatic rings. The Morgan fingerprint density at radius 3 is 2.69 bits per heavy atom. The highest BCUT2D eigenvalue weighted by molar-refractivity contribution is 9.10. The summed E-state index contributed by atoms with van der Waals surface area (Å²) >= 11 is 3.37. The van der Waals surface area contributed by atoms with Gasteiger partial charge in [-0.2, -0.15) is 0 Å². The lowest BCUT2D eigenvalue weighted by Gasteiger charge is -2.18. The van der Waals surface area contributed by atoms with E-state index < -0.39 is 0 Å². The second-order valence-corrected chi connectivity index (χ2v) is 4.80. The van der Waals surface area contributed by atoms with Crippen molar-refractivity contribution in [2.24, 2.45) is 5.73 Å². The van der Waals surface area contributed by atoms with Crippen molar-refractivity contribution in [3.63, 3.8) is 0 Å². The van der Waals surface area contributed by atoms with Gasteiger partial charge in [-0.15, -0.1) is 0 Å². The first-order chi connectivity index (χ1) is 7.52. The number of phenolic OH excluding ortho intramolecular Hbond substituents is 1. The number of methoxy groups -OCH3 is 1. The zero-order chi connectivity index (χ0) is 12.3. The quantitative estimate of drug-likeness (QED) is 0.895. The van der Waals surface area contributed by atoms with Crippen molar-refractivity contribution in [2.45, 2.75) is 26.2 Å². The normalized spacial score (nSPS) is 12.6. The maximum atomic E-state index is 10.2. The van der Waals surface area contributed by atoms with E-state index in [0.29, 0.717) is 12.3 Å². The first kappa shape index (κ1) is 13.3. The minimum atomic E-state index is 0.218. The number of aromatic hydroxyl groups is 1. The van der Waals surface area contributed by atoms with Crippen molar-refractivity contribution in [1.29, 1.82) is 0 Å². The van der Waals surface area contributed by atoms with Crippen molar-refractivity contribution >= 4 is 15.9 Å². The van der Waals surface area contributed by atoms with Crippen LogP contribution in [-0.4, -0.2) is 18.8 Å². The van der Waals surface area contributed by atoms with Gasteiger partial charge in [-0.05, 0) is 53.4 Å². The monoisotopic (exact) mass is 287 g/mol. The molecule has 16 heavy (non-hydrogen) atoms. The van der Waals surface area contributed by atoms with E-state index in [1.54, 1.807) is 7.11 Å². The molecule has 0 saturated carbocycles. The number of phenols is 1. The van der Waals surface area contributed by atoms with Crippen molar-refractivity contribution in [1.82, 2.24) is 0 Å². The fourth-order valence-electron chi connectivity index (χ4n) is 1.97. The standard InChI is InChI=1S/C12H18BrNO2/c1-7(4-5-14)10-8(2)6-9(13)12(16-3)11(10)15/h6-7,15H,4-5,14H2,1-3H3. The molecule has 0 bridgehead atoms. The number of hydrogen-bond acceptors (Lipinski definition) is 3. The van der Waals surface area contributed by atoms with Crippen LogP contribution in [-0.2, 0) is 0 Å². The molecular weight excluding hydrogens is 270 g/mol. The van der Waals surface area contributed by atoms with E-state index in [4.69, 9.17) is 10.5 Å². The fraction of sp³-hybridized carbons (Fsp3) is 0.500. The summed E-state index contributed by atoms with van der Waals surface area (Å²) in [4.78, 5) is 0. The van der Waals surface area contributed by atoms with Crippen LogP contribution >= 0.6 is 15.9 Å². The van der Waals surface area contributed by atoms with E-state index >= 15 is 0 Å². The summed E-state index contributed by atoms with van der Waals surface area (Å²) < 4.78 is 5.94. The molecule has 1 unspecified atom stereocenters. The maximum Gasteiger partial charge on any atom is 0.174 e. The molecule has 1 rings (SSSR count). The third-order valence-electron chi connectivity index (χ3n) is 2.75. The number of rotatable bonds is 4.